The van der Waals surface area contributed by atoms with E-state index in [1.54, 1.807) is 30.3 Å². The van der Waals surface area contributed by atoms with Gasteiger partial charge in [0, 0.05) is 11.3 Å². The average molecular weight is 354 g/mol. The highest BCUT2D eigenvalue weighted by molar-refractivity contribution is 5.97. The summed E-state index contributed by atoms with van der Waals surface area (Å²) in [6.07, 6.45) is -0.976. The second-order valence-electron chi connectivity index (χ2n) is 5.99. The number of nitrogens with one attached hydrogen (secondary N) is 2. The lowest BCUT2D eigenvalue weighted by Gasteiger charge is -2.15. The molecule has 2 amide bonds. The van der Waals surface area contributed by atoms with Crippen LogP contribution in [0.4, 0.5) is 5.69 Å². The monoisotopic (exact) mass is 354 g/mol. The van der Waals surface area contributed by atoms with Crippen LogP contribution < -0.4 is 10.6 Å². The first kappa shape index (κ1) is 19.2. The molecule has 26 heavy (non-hydrogen) atoms. The van der Waals surface area contributed by atoms with Crippen molar-refractivity contribution in [3.63, 3.8) is 0 Å². The number of carbonyl (C=O) groups excluding carboxylic acids is 3. The maximum absolute atomic E-state index is 12.2. The first-order valence-electron chi connectivity index (χ1n) is 8.27. The number of anilines is 1. The highest BCUT2D eigenvalue weighted by Crippen LogP contribution is 2.16. The van der Waals surface area contributed by atoms with E-state index in [-0.39, 0.29) is 12.5 Å². The van der Waals surface area contributed by atoms with Crippen LogP contribution in [-0.4, -0.2) is 30.4 Å². The summed E-state index contributed by atoms with van der Waals surface area (Å²) in [5, 5.41) is 5.21. The summed E-state index contributed by atoms with van der Waals surface area (Å²) in [5.41, 5.74) is 3.05. The van der Waals surface area contributed by atoms with Gasteiger partial charge in [-0.3, -0.25) is 14.4 Å². The number of carbonyl (C=O) groups is 3. The van der Waals surface area contributed by atoms with Crippen molar-refractivity contribution < 1.29 is 19.1 Å². The molecule has 0 spiro atoms. The third kappa shape index (κ3) is 5.44. The molecular formula is C20H22N2O4. The Balaban J connectivity index is 1.83. The van der Waals surface area contributed by atoms with Gasteiger partial charge in [0.1, 0.15) is 6.54 Å². The number of amides is 2. The summed E-state index contributed by atoms with van der Waals surface area (Å²) < 4.78 is 5.08. The van der Waals surface area contributed by atoms with Crippen molar-refractivity contribution in [1.29, 1.82) is 0 Å². The van der Waals surface area contributed by atoms with E-state index < -0.39 is 18.0 Å². The number of rotatable bonds is 6. The molecule has 1 atom stereocenters. The number of aryl methyl sites for hydroxylation is 2. The first-order valence-corrected chi connectivity index (χ1v) is 8.27. The van der Waals surface area contributed by atoms with Gasteiger partial charge < -0.3 is 15.4 Å². The van der Waals surface area contributed by atoms with Gasteiger partial charge in [-0.05, 0) is 50.1 Å². The van der Waals surface area contributed by atoms with E-state index in [0.717, 1.165) is 11.1 Å². The lowest BCUT2D eigenvalue weighted by atomic mass is 10.1. The van der Waals surface area contributed by atoms with Crippen molar-refractivity contribution in [2.75, 3.05) is 11.9 Å². The summed E-state index contributed by atoms with van der Waals surface area (Å²) >= 11 is 0. The molecule has 2 aromatic rings. The topological polar surface area (TPSA) is 84.5 Å². The standard InChI is InChI=1S/C20H22N2O4/c1-13-9-10-14(2)17(11-13)22-19(24)15(3)26-18(23)12-21-20(25)16-7-5-4-6-8-16/h4-11,15H,12H2,1-3H3,(H,21,25)(H,22,24)/t15-/m0/s1. The van der Waals surface area contributed by atoms with Crippen molar-refractivity contribution >= 4 is 23.5 Å². The molecule has 0 aliphatic carbocycles. The molecule has 0 aliphatic heterocycles. The van der Waals surface area contributed by atoms with Gasteiger partial charge in [0.05, 0.1) is 0 Å². The summed E-state index contributed by atoms with van der Waals surface area (Å²) in [6, 6.07) is 14.2. The Morgan fingerprint density at radius 3 is 2.42 bits per heavy atom. The minimum atomic E-state index is -0.976. The van der Waals surface area contributed by atoms with Gasteiger partial charge >= 0.3 is 5.97 Å². The van der Waals surface area contributed by atoms with Gasteiger partial charge in [-0.15, -0.1) is 0 Å². The lowest BCUT2D eigenvalue weighted by Crippen LogP contribution is -2.35. The number of hydrogen-bond acceptors (Lipinski definition) is 4. The maximum atomic E-state index is 12.2. The quantitative estimate of drug-likeness (QED) is 0.781. The highest BCUT2D eigenvalue weighted by Gasteiger charge is 2.19. The minimum absolute atomic E-state index is 0.311. The van der Waals surface area contributed by atoms with Crippen molar-refractivity contribution in [1.82, 2.24) is 5.32 Å². The van der Waals surface area contributed by atoms with Crippen LogP contribution in [0.1, 0.15) is 28.4 Å². The van der Waals surface area contributed by atoms with Gasteiger partial charge in [0.2, 0.25) is 0 Å². The molecule has 136 valence electrons. The van der Waals surface area contributed by atoms with Crippen LogP contribution in [0.5, 0.6) is 0 Å². The smallest absolute Gasteiger partial charge is 0.326 e. The van der Waals surface area contributed by atoms with Crippen molar-refractivity contribution in [3.05, 3.63) is 65.2 Å². The fraction of sp³-hybridized carbons (Fsp3) is 0.250. The number of hydrogen-bond donors (Lipinski definition) is 2. The number of esters is 1. The van der Waals surface area contributed by atoms with E-state index >= 15 is 0 Å². The average Bonchev–Trinajstić information content (AvgIpc) is 2.63. The lowest BCUT2D eigenvalue weighted by molar-refractivity contribution is -0.152. The van der Waals surface area contributed by atoms with Crippen LogP contribution in [0.25, 0.3) is 0 Å². The third-order valence-corrected chi connectivity index (χ3v) is 3.76. The summed E-state index contributed by atoms with van der Waals surface area (Å²) in [7, 11) is 0. The Morgan fingerprint density at radius 2 is 1.73 bits per heavy atom. The van der Waals surface area contributed by atoms with Crippen LogP contribution >= 0.6 is 0 Å². The van der Waals surface area contributed by atoms with Crippen molar-refractivity contribution in [2.24, 2.45) is 0 Å². The van der Waals surface area contributed by atoms with E-state index in [0.29, 0.717) is 11.3 Å². The molecule has 6 heteroatoms. The molecule has 2 rings (SSSR count). The molecule has 2 N–H and O–H groups in total. The van der Waals surface area contributed by atoms with Gasteiger partial charge in [-0.1, -0.05) is 30.3 Å². The Labute approximate surface area is 152 Å². The van der Waals surface area contributed by atoms with Crippen molar-refractivity contribution in [2.45, 2.75) is 26.9 Å². The summed E-state index contributed by atoms with van der Waals surface area (Å²) in [4.78, 5) is 35.9. The normalized spacial score (nSPS) is 11.3. The van der Waals surface area contributed by atoms with Gasteiger partial charge in [-0.2, -0.15) is 0 Å². The van der Waals surface area contributed by atoms with Gasteiger partial charge in [0.15, 0.2) is 6.10 Å². The van der Waals surface area contributed by atoms with E-state index in [4.69, 9.17) is 4.74 Å². The van der Waals surface area contributed by atoms with Gasteiger partial charge in [0.25, 0.3) is 11.8 Å². The van der Waals surface area contributed by atoms with E-state index in [2.05, 4.69) is 10.6 Å². The Bertz CT molecular complexity index is 803. The molecule has 0 saturated carbocycles. The van der Waals surface area contributed by atoms with Crippen LogP contribution in [0.3, 0.4) is 0 Å². The van der Waals surface area contributed by atoms with Crippen molar-refractivity contribution in [3.8, 4) is 0 Å². The Hall–Kier alpha value is -3.15. The Morgan fingerprint density at radius 1 is 1.04 bits per heavy atom. The Kier molecular flexibility index (Phi) is 6.49. The first-order chi connectivity index (χ1) is 12.4. The fourth-order valence-electron chi connectivity index (χ4n) is 2.24. The van der Waals surface area contributed by atoms with Crippen LogP contribution in [0.2, 0.25) is 0 Å². The van der Waals surface area contributed by atoms with E-state index in [1.165, 1.54) is 6.92 Å². The van der Waals surface area contributed by atoms with E-state index in [9.17, 15) is 14.4 Å². The second-order valence-corrected chi connectivity index (χ2v) is 5.99. The predicted octanol–water partition coefficient (Wildman–Crippen LogP) is 2.60. The molecule has 6 nitrogen and oxygen atoms in total. The SMILES string of the molecule is Cc1ccc(C)c(NC(=O)[C@H](C)OC(=O)CNC(=O)c2ccccc2)c1. The molecule has 0 radical (unpaired) electrons. The van der Waals surface area contributed by atoms with Gasteiger partial charge in [-0.25, -0.2) is 0 Å². The number of ether oxygens (including phenoxy) is 1. The summed E-state index contributed by atoms with van der Waals surface area (Å²) in [5.74, 6) is -1.49. The van der Waals surface area contributed by atoms with E-state index in [1.807, 2.05) is 32.0 Å². The second kappa shape index (κ2) is 8.80. The maximum Gasteiger partial charge on any atom is 0.326 e. The molecule has 0 fully saturated rings. The van der Waals surface area contributed by atoms with Crippen LogP contribution in [-0.2, 0) is 14.3 Å². The predicted molar refractivity (Wildman–Crippen MR) is 98.9 cm³/mol. The summed E-state index contributed by atoms with van der Waals surface area (Å²) in [6.45, 7) is 4.98. The molecule has 2 aromatic carbocycles. The zero-order valence-electron chi connectivity index (χ0n) is 15.0. The molecule has 0 heterocycles. The zero-order chi connectivity index (χ0) is 19.1. The molecule has 0 unspecified atom stereocenters. The molecule has 0 aromatic heterocycles. The fourth-order valence-corrected chi connectivity index (χ4v) is 2.24. The molecule has 0 aliphatic rings. The molecule has 0 bridgehead atoms. The number of benzene rings is 2. The minimum Gasteiger partial charge on any atom is -0.451 e. The molecular weight excluding hydrogens is 332 g/mol. The molecule has 0 saturated heterocycles. The highest BCUT2D eigenvalue weighted by atomic mass is 16.5. The zero-order valence-corrected chi connectivity index (χ0v) is 15.0. The largest absolute Gasteiger partial charge is 0.451 e. The third-order valence-electron chi connectivity index (χ3n) is 3.76. The van der Waals surface area contributed by atoms with Crippen LogP contribution in [0, 0.1) is 13.8 Å². The van der Waals surface area contributed by atoms with Crippen LogP contribution in [0.15, 0.2) is 48.5 Å².